The first-order valence-corrected chi connectivity index (χ1v) is 7.08. The van der Waals surface area contributed by atoms with E-state index in [0.29, 0.717) is 28.5 Å². The summed E-state index contributed by atoms with van der Waals surface area (Å²) in [6, 6.07) is 10.9. The molecule has 1 heterocycles. The summed E-state index contributed by atoms with van der Waals surface area (Å²) in [5, 5.41) is 0.527. The van der Waals surface area contributed by atoms with Crippen molar-refractivity contribution in [2.75, 3.05) is 6.61 Å². The van der Waals surface area contributed by atoms with Crippen LogP contribution in [0.4, 0.5) is 0 Å². The number of carbonyl (C=O) groups is 1. The number of rotatable bonds is 2. The monoisotopic (exact) mass is 336 g/mol. The molecule has 2 aromatic carbocycles. The number of ketones is 1. The summed E-state index contributed by atoms with van der Waals surface area (Å²) in [5.41, 5.74) is 2.26. The van der Waals surface area contributed by atoms with Crippen LogP contribution in [0.15, 0.2) is 40.9 Å². The Balaban J connectivity index is 2.05. The van der Waals surface area contributed by atoms with Crippen LogP contribution in [0.5, 0.6) is 5.75 Å². The lowest BCUT2D eigenvalue weighted by Crippen LogP contribution is -2.03. The van der Waals surface area contributed by atoms with Gasteiger partial charge in [0.15, 0.2) is 5.78 Å². The van der Waals surface area contributed by atoms with Crippen molar-refractivity contribution in [3.63, 3.8) is 0 Å². The SMILES string of the molecule is O=C(c1ccc(Br)c(Cl)c1)c1cccc2c1OCC2. The molecule has 0 spiro atoms. The maximum atomic E-state index is 12.5. The number of para-hydroxylation sites is 1. The van der Waals surface area contributed by atoms with E-state index in [0.717, 1.165) is 16.5 Å². The van der Waals surface area contributed by atoms with Crippen molar-refractivity contribution in [3.8, 4) is 5.75 Å². The van der Waals surface area contributed by atoms with E-state index in [4.69, 9.17) is 16.3 Å². The predicted octanol–water partition coefficient (Wildman–Crippen LogP) is 4.27. The minimum absolute atomic E-state index is 0.0619. The highest BCUT2D eigenvalue weighted by atomic mass is 79.9. The van der Waals surface area contributed by atoms with E-state index in [-0.39, 0.29) is 5.78 Å². The first kappa shape index (κ1) is 12.7. The number of carbonyl (C=O) groups excluding carboxylic acids is 1. The zero-order chi connectivity index (χ0) is 13.4. The molecule has 1 aliphatic rings. The molecule has 0 saturated carbocycles. The third-order valence-corrected chi connectivity index (χ3v) is 4.37. The molecule has 1 aliphatic heterocycles. The molecule has 2 aromatic rings. The molecule has 19 heavy (non-hydrogen) atoms. The molecular weight excluding hydrogens is 328 g/mol. The Hall–Kier alpha value is -1.32. The highest BCUT2D eigenvalue weighted by Gasteiger charge is 2.21. The fourth-order valence-corrected chi connectivity index (χ4v) is 2.61. The third kappa shape index (κ3) is 2.28. The Kier molecular flexibility index (Phi) is 3.33. The molecule has 0 atom stereocenters. The van der Waals surface area contributed by atoms with Crippen LogP contribution in [-0.2, 0) is 6.42 Å². The van der Waals surface area contributed by atoms with Crippen LogP contribution in [0.3, 0.4) is 0 Å². The van der Waals surface area contributed by atoms with Gasteiger partial charge < -0.3 is 4.74 Å². The molecule has 0 bridgehead atoms. The Morgan fingerprint density at radius 3 is 2.89 bits per heavy atom. The van der Waals surface area contributed by atoms with E-state index in [1.54, 1.807) is 24.3 Å². The standard InChI is InChI=1S/C15H10BrClO2/c16-12-5-4-10(8-13(12)17)14(18)11-3-1-2-9-6-7-19-15(9)11/h1-5,8H,6-7H2. The van der Waals surface area contributed by atoms with Crippen molar-refractivity contribution in [1.82, 2.24) is 0 Å². The number of halogens is 2. The van der Waals surface area contributed by atoms with Gasteiger partial charge >= 0.3 is 0 Å². The lowest BCUT2D eigenvalue weighted by atomic mass is 10.00. The fourth-order valence-electron chi connectivity index (χ4n) is 2.19. The van der Waals surface area contributed by atoms with E-state index in [9.17, 15) is 4.79 Å². The fraction of sp³-hybridized carbons (Fsp3) is 0.133. The van der Waals surface area contributed by atoms with E-state index in [1.165, 1.54) is 0 Å². The minimum atomic E-state index is -0.0619. The average molecular weight is 338 g/mol. The normalized spacial score (nSPS) is 12.9. The Morgan fingerprint density at radius 2 is 2.11 bits per heavy atom. The zero-order valence-electron chi connectivity index (χ0n) is 9.95. The van der Waals surface area contributed by atoms with Crippen LogP contribution < -0.4 is 4.74 Å². The lowest BCUT2D eigenvalue weighted by molar-refractivity contribution is 0.103. The predicted molar refractivity (Wildman–Crippen MR) is 78.2 cm³/mol. The molecular formula is C15H10BrClO2. The van der Waals surface area contributed by atoms with Crippen molar-refractivity contribution in [2.45, 2.75) is 6.42 Å². The summed E-state index contributed by atoms with van der Waals surface area (Å²) in [4.78, 5) is 12.5. The average Bonchev–Trinajstić information content (AvgIpc) is 2.89. The van der Waals surface area contributed by atoms with Crippen molar-refractivity contribution >= 4 is 33.3 Å². The molecule has 0 saturated heterocycles. The third-order valence-electron chi connectivity index (χ3n) is 3.14. The zero-order valence-corrected chi connectivity index (χ0v) is 12.3. The van der Waals surface area contributed by atoms with Gasteiger partial charge in [-0.15, -0.1) is 0 Å². The summed E-state index contributed by atoms with van der Waals surface area (Å²) in [6.07, 6.45) is 0.859. The molecule has 0 N–H and O–H groups in total. The number of hydrogen-bond acceptors (Lipinski definition) is 2. The van der Waals surface area contributed by atoms with Gasteiger partial charge in [-0.1, -0.05) is 23.7 Å². The van der Waals surface area contributed by atoms with Crippen LogP contribution in [0.25, 0.3) is 0 Å². The topological polar surface area (TPSA) is 26.3 Å². The van der Waals surface area contributed by atoms with Gasteiger partial charge in [-0.2, -0.15) is 0 Å². The van der Waals surface area contributed by atoms with Crippen LogP contribution in [0.1, 0.15) is 21.5 Å². The van der Waals surface area contributed by atoms with Gasteiger partial charge in [0, 0.05) is 16.5 Å². The molecule has 0 amide bonds. The molecule has 4 heteroatoms. The molecule has 0 unspecified atom stereocenters. The van der Waals surface area contributed by atoms with Crippen molar-refractivity contribution in [1.29, 1.82) is 0 Å². The second kappa shape index (κ2) is 4.99. The highest BCUT2D eigenvalue weighted by molar-refractivity contribution is 9.10. The van der Waals surface area contributed by atoms with Crippen LogP contribution >= 0.6 is 27.5 Å². The Labute approximate surface area is 124 Å². The van der Waals surface area contributed by atoms with Crippen LogP contribution in [0.2, 0.25) is 5.02 Å². The maximum Gasteiger partial charge on any atom is 0.196 e. The number of fused-ring (bicyclic) bond motifs is 1. The molecule has 3 rings (SSSR count). The smallest absolute Gasteiger partial charge is 0.196 e. The molecule has 0 fully saturated rings. The van der Waals surface area contributed by atoms with Gasteiger partial charge in [0.25, 0.3) is 0 Å². The maximum absolute atomic E-state index is 12.5. The van der Waals surface area contributed by atoms with E-state index in [2.05, 4.69) is 15.9 Å². The summed E-state index contributed by atoms with van der Waals surface area (Å²) < 4.78 is 6.34. The second-order valence-electron chi connectivity index (χ2n) is 4.35. The molecule has 0 aromatic heterocycles. The highest BCUT2D eigenvalue weighted by Crippen LogP contribution is 2.32. The lowest BCUT2D eigenvalue weighted by Gasteiger charge is -2.07. The van der Waals surface area contributed by atoms with E-state index < -0.39 is 0 Å². The number of ether oxygens (including phenoxy) is 1. The van der Waals surface area contributed by atoms with Crippen molar-refractivity contribution in [3.05, 3.63) is 62.6 Å². The van der Waals surface area contributed by atoms with Gasteiger partial charge in [0.1, 0.15) is 5.75 Å². The van der Waals surface area contributed by atoms with Gasteiger partial charge in [-0.3, -0.25) is 4.79 Å². The van der Waals surface area contributed by atoms with Crippen LogP contribution in [-0.4, -0.2) is 12.4 Å². The van der Waals surface area contributed by atoms with Crippen LogP contribution in [0, 0.1) is 0 Å². The first-order chi connectivity index (χ1) is 9.16. The molecule has 0 radical (unpaired) electrons. The van der Waals surface area contributed by atoms with Crippen molar-refractivity contribution in [2.24, 2.45) is 0 Å². The van der Waals surface area contributed by atoms with E-state index >= 15 is 0 Å². The van der Waals surface area contributed by atoms with Gasteiger partial charge in [0.2, 0.25) is 0 Å². The molecule has 96 valence electrons. The number of hydrogen-bond donors (Lipinski definition) is 0. The first-order valence-electron chi connectivity index (χ1n) is 5.91. The van der Waals surface area contributed by atoms with Gasteiger partial charge in [-0.25, -0.2) is 0 Å². The second-order valence-corrected chi connectivity index (χ2v) is 5.61. The number of benzene rings is 2. The van der Waals surface area contributed by atoms with Gasteiger partial charge in [0.05, 0.1) is 17.2 Å². The Bertz CT molecular complexity index is 667. The van der Waals surface area contributed by atoms with Crippen molar-refractivity contribution < 1.29 is 9.53 Å². The van der Waals surface area contributed by atoms with E-state index in [1.807, 2.05) is 12.1 Å². The minimum Gasteiger partial charge on any atom is -0.492 e. The van der Waals surface area contributed by atoms with Gasteiger partial charge in [-0.05, 0) is 45.8 Å². The summed E-state index contributed by atoms with van der Waals surface area (Å²) >= 11 is 9.35. The Morgan fingerprint density at radius 1 is 1.26 bits per heavy atom. The summed E-state index contributed by atoms with van der Waals surface area (Å²) in [6.45, 7) is 0.640. The largest absolute Gasteiger partial charge is 0.492 e. The quantitative estimate of drug-likeness (QED) is 0.765. The summed E-state index contributed by atoms with van der Waals surface area (Å²) in [7, 11) is 0. The molecule has 0 aliphatic carbocycles. The molecule has 2 nitrogen and oxygen atoms in total. The summed E-state index contributed by atoms with van der Waals surface area (Å²) in [5.74, 6) is 0.652.